The van der Waals surface area contributed by atoms with Crippen LogP contribution >= 0.6 is 0 Å². The molecule has 2 heterocycles. The minimum absolute atomic E-state index is 0. The Morgan fingerprint density at radius 3 is 2.38 bits per heavy atom. The third kappa shape index (κ3) is 1.86. The number of rotatable bonds is 0. The molecule has 0 fully saturated rings. The molecule has 0 unspecified atom stereocenters. The predicted octanol–water partition coefficient (Wildman–Crippen LogP) is -3.39. The first-order valence-corrected chi connectivity index (χ1v) is 3.76. The van der Waals surface area contributed by atoms with Crippen molar-refractivity contribution in [2.45, 2.75) is 0 Å². The van der Waals surface area contributed by atoms with Gasteiger partial charge in [-0.2, -0.15) is 0 Å². The van der Waals surface area contributed by atoms with Gasteiger partial charge in [0.15, 0.2) is 11.1 Å². The highest BCUT2D eigenvalue weighted by Gasteiger charge is 2.06. The quantitative estimate of drug-likeness (QED) is 0.483. The van der Waals surface area contributed by atoms with Gasteiger partial charge in [-0.25, -0.2) is 9.78 Å². The van der Waals surface area contributed by atoms with Gasteiger partial charge in [0, 0.05) is 14.1 Å². The molecule has 0 spiro atoms. The van der Waals surface area contributed by atoms with Crippen molar-refractivity contribution in [1.29, 1.82) is 5.41 Å². The molecule has 92 valence electrons. The molecule has 0 atom stereocenters. The van der Waals surface area contributed by atoms with Gasteiger partial charge >= 0.3 is 5.69 Å². The summed E-state index contributed by atoms with van der Waals surface area (Å²) < 4.78 is 2.67. The molecular formula is C7H15N5O4. The first-order valence-electron chi connectivity index (χ1n) is 3.76. The average Bonchev–Trinajstić information content (AvgIpc) is 2.59. The summed E-state index contributed by atoms with van der Waals surface area (Å²) in [5.41, 5.74) is 0.984. The maximum absolute atomic E-state index is 11.5. The topological polar surface area (TPSA) is 174 Å². The molecule has 0 aliphatic heterocycles. The van der Waals surface area contributed by atoms with Crippen LogP contribution in [0.25, 0.3) is 11.2 Å². The number of aromatic nitrogens is 4. The van der Waals surface area contributed by atoms with Crippen molar-refractivity contribution in [2.75, 3.05) is 0 Å². The molecule has 2 rings (SSSR count). The van der Waals surface area contributed by atoms with Crippen molar-refractivity contribution in [3.63, 3.8) is 0 Å². The molecule has 0 amide bonds. The summed E-state index contributed by atoms with van der Waals surface area (Å²) in [7, 11) is 3.19. The fraction of sp³-hybridized carbons (Fsp3) is 0.286. The molecular weight excluding hydrogens is 218 g/mol. The number of imidazole rings is 1. The van der Waals surface area contributed by atoms with Crippen LogP contribution in [0.15, 0.2) is 11.1 Å². The highest BCUT2D eigenvalue weighted by atomic mass is 16.1. The lowest BCUT2D eigenvalue weighted by atomic mass is 10.5. The van der Waals surface area contributed by atoms with Crippen LogP contribution in [0.4, 0.5) is 0 Å². The van der Waals surface area contributed by atoms with Gasteiger partial charge in [-0.1, -0.05) is 0 Å². The van der Waals surface area contributed by atoms with Crippen LogP contribution in [-0.4, -0.2) is 35.5 Å². The fourth-order valence-corrected chi connectivity index (χ4v) is 1.29. The Balaban J connectivity index is 0. The minimum atomic E-state index is -0.246. The Bertz CT molecular complexity index is 580. The van der Waals surface area contributed by atoms with Crippen LogP contribution < -0.4 is 11.2 Å². The molecule has 0 radical (unpaired) electrons. The summed E-state index contributed by atoms with van der Waals surface area (Å²) in [4.78, 5) is 18.2. The molecule has 0 saturated heterocycles. The van der Waals surface area contributed by atoms with E-state index in [0.29, 0.717) is 11.2 Å². The van der Waals surface area contributed by atoms with Crippen molar-refractivity contribution < 1.29 is 16.4 Å². The number of aryl methyl sites for hydroxylation is 1. The smallest absolute Gasteiger partial charge is 0.330 e. The second-order valence-electron chi connectivity index (χ2n) is 2.85. The van der Waals surface area contributed by atoms with Crippen molar-refractivity contribution in [1.82, 2.24) is 19.1 Å². The number of aromatic amines is 1. The minimum Gasteiger partial charge on any atom is -0.412 e. The van der Waals surface area contributed by atoms with E-state index in [1.54, 1.807) is 14.1 Å². The number of H-pyrrole nitrogens is 1. The van der Waals surface area contributed by atoms with Gasteiger partial charge in [-0.3, -0.25) is 14.5 Å². The zero-order valence-electron chi connectivity index (χ0n) is 8.83. The van der Waals surface area contributed by atoms with Crippen LogP contribution in [0, 0.1) is 5.41 Å². The molecule has 0 aliphatic carbocycles. The van der Waals surface area contributed by atoms with Gasteiger partial charge < -0.3 is 21.4 Å². The van der Waals surface area contributed by atoms with Gasteiger partial charge in [0.1, 0.15) is 5.52 Å². The molecule has 9 heteroatoms. The molecule has 0 bridgehead atoms. The molecule has 0 aliphatic rings. The van der Waals surface area contributed by atoms with E-state index in [-0.39, 0.29) is 27.6 Å². The first kappa shape index (κ1) is 16.5. The van der Waals surface area contributed by atoms with E-state index in [1.807, 2.05) is 0 Å². The lowest BCUT2D eigenvalue weighted by Gasteiger charge is -2.02. The van der Waals surface area contributed by atoms with E-state index in [2.05, 4.69) is 9.97 Å². The Morgan fingerprint density at radius 2 is 1.81 bits per heavy atom. The van der Waals surface area contributed by atoms with E-state index in [1.165, 1.54) is 15.5 Å². The molecule has 2 aromatic rings. The van der Waals surface area contributed by atoms with E-state index in [0.717, 1.165) is 0 Å². The summed E-state index contributed by atoms with van der Waals surface area (Å²) in [5.74, 6) is 0. The Labute approximate surface area is 89.4 Å². The molecule has 16 heavy (non-hydrogen) atoms. The molecule has 9 nitrogen and oxygen atoms in total. The van der Waals surface area contributed by atoms with Crippen LogP contribution in [0.3, 0.4) is 0 Å². The predicted molar refractivity (Wildman–Crippen MR) is 57.0 cm³/mol. The van der Waals surface area contributed by atoms with Crippen molar-refractivity contribution >= 4 is 11.2 Å². The molecule has 8 N–H and O–H groups in total. The number of hydrogen-bond donors (Lipinski definition) is 2. The zero-order valence-corrected chi connectivity index (χ0v) is 8.83. The third-order valence-electron chi connectivity index (χ3n) is 2.08. The van der Waals surface area contributed by atoms with E-state index < -0.39 is 0 Å². The van der Waals surface area contributed by atoms with Crippen molar-refractivity contribution in [2.24, 2.45) is 14.1 Å². The summed E-state index contributed by atoms with van der Waals surface area (Å²) in [6.45, 7) is 0. The Morgan fingerprint density at radius 1 is 1.25 bits per heavy atom. The summed E-state index contributed by atoms with van der Waals surface area (Å²) in [6.07, 6.45) is 1.47. The monoisotopic (exact) mass is 233 g/mol. The normalized spacial score (nSPS) is 8.88. The van der Waals surface area contributed by atoms with Crippen molar-refractivity contribution in [3.8, 4) is 0 Å². The lowest BCUT2D eigenvalue weighted by molar-refractivity contribution is 0.690. The number of nitrogens with one attached hydrogen (secondary N) is 2. The summed E-state index contributed by atoms with van der Waals surface area (Å²) >= 11 is 0. The van der Waals surface area contributed by atoms with Gasteiger partial charge in [0.25, 0.3) is 0 Å². The van der Waals surface area contributed by atoms with Gasteiger partial charge in [-0.05, 0) is 0 Å². The zero-order chi connectivity index (χ0) is 9.59. The first-order chi connectivity index (χ1) is 6.13. The highest BCUT2D eigenvalue weighted by Crippen LogP contribution is 1.97. The standard InChI is InChI=1S/C7H9N5O.3H2O/c1-11-5(8)4-6(10-3-9-4)12(2)7(11)13;;;/h3,8H,1-2H3,(H,9,10);3*1H2. The van der Waals surface area contributed by atoms with Crippen molar-refractivity contribution in [3.05, 3.63) is 22.3 Å². The Kier molecular flexibility index (Phi) is 5.36. The Hall–Kier alpha value is -1.97. The highest BCUT2D eigenvalue weighted by molar-refractivity contribution is 5.68. The van der Waals surface area contributed by atoms with Gasteiger partial charge in [0.05, 0.1) is 6.33 Å². The van der Waals surface area contributed by atoms with Crippen LogP contribution in [0.5, 0.6) is 0 Å². The van der Waals surface area contributed by atoms with Crippen LogP contribution in [0.1, 0.15) is 0 Å². The largest absolute Gasteiger partial charge is 0.412 e. The molecule has 0 aromatic carbocycles. The van der Waals surface area contributed by atoms with Crippen LogP contribution in [0.2, 0.25) is 0 Å². The molecule has 0 saturated carbocycles. The fourth-order valence-electron chi connectivity index (χ4n) is 1.29. The van der Waals surface area contributed by atoms with Gasteiger partial charge in [-0.15, -0.1) is 0 Å². The summed E-state index contributed by atoms with van der Waals surface area (Å²) in [6, 6.07) is 0. The average molecular weight is 233 g/mol. The third-order valence-corrected chi connectivity index (χ3v) is 2.08. The van der Waals surface area contributed by atoms with Crippen LogP contribution in [-0.2, 0) is 14.1 Å². The maximum atomic E-state index is 11.5. The van der Waals surface area contributed by atoms with E-state index in [9.17, 15) is 4.79 Å². The maximum Gasteiger partial charge on any atom is 0.330 e. The number of nitrogens with zero attached hydrogens (tertiary/aromatic N) is 3. The number of hydrogen-bond acceptors (Lipinski definition) is 3. The molecule has 2 aromatic heterocycles. The summed E-state index contributed by atoms with van der Waals surface area (Å²) in [5, 5.41) is 7.62. The van der Waals surface area contributed by atoms with Gasteiger partial charge in [0.2, 0.25) is 0 Å². The van der Waals surface area contributed by atoms with E-state index in [4.69, 9.17) is 5.41 Å². The second kappa shape index (κ2) is 5.21. The lowest BCUT2D eigenvalue weighted by Crippen LogP contribution is -2.37. The SMILES string of the molecule is Cn1c(=N)c2[nH]cnc2n(C)c1=O.O.O.O. The second-order valence-corrected chi connectivity index (χ2v) is 2.85. The number of fused-ring (bicyclic) bond motifs is 1. The van der Waals surface area contributed by atoms with E-state index >= 15 is 0 Å².